The standard InChI is InChI=1S/C26H25N3O5/c1-15-13-19(29(33)34)11-12-20(15)27-24(30)21(14-16-5-3-2-4-6-16)28-25(31)22-17-7-8-18(10-9-17)23(22)26(28)32/h2-8,11-13,17-18,21-23H,9-10,14H2,1H3,(H,27,30)/t17-,18-,21-,22+,23+/m0/s1. The van der Waals surface area contributed by atoms with E-state index in [0.717, 1.165) is 18.4 Å². The molecule has 174 valence electrons. The summed E-state index contributed by atoms with van der Waals surface area (Å²) < 4.78 is 0. The molecule has 2 aromatic carbocycles. The number of hydrogen-bond acceptors (Lipinski definition) is 5. The molecule has 8 heteroatoms. The number of amides is 3. The maximum Gasteiger partial charge on any atom is 0.269 e. The number of nitrogens with one attached hydrogen (secondary N) is 1. The molecule has 0 radical (unpaired) electrons. The largest absolute Gasteiger partial charge is 0.324 e. The molecule has 2 fully saturated rings. The molecule has 1 heterocycles. The molecule has 1 saturated heterocycles. The predicted octanol–water partition coefficient (Wildman–Crippen LogP) is 3.65. The molecule has 5 atom stereocenters. The minimum atomic E-state index is -1.01. The number of hydrogen-bond donors (Lipinski definition) is 1. The zero-order valence-electron chi connectivity index (χ0n) is 18.7. The highest BCUT2D eigenvalue weighted by molar-refractivity contribution is 6.10. The first-order chi connectivity index (χ1) is 16.3. The van der Waals surface area contributed by atoms with Crippen LogP contribution in [0, 0.1) is 40.7 Å². The van der Waals surface area contributed by atoms with Gasteiger partial charge < -0.3 is 5.32 Å². The molecule has 1 N–H and O–H groups in total. The average Bonchev–Trinajstić information content (AvgIpc) is 3.12. The molecule has 0 unspecified atom stereocenters. The van der Waals surface area contributed by atoms with Gasteiger partial charge in [-0.1, -0.05) is 42.5 Å². The highest BCUT2D eigenvalue weighted by Gasteiger charge is 2.58. The lowest BCUT2D eigenvalue weighted by atomic mass is 9.63. The quantitative estimate of drug-likeness (QED) is 0.307. The van der Waals surface area contributed by atoms with E-state index in [9.17, 15) is 24.5 Å². The fourth-order valence-electron chi connectivity index (χ4n) is 5.66. The van der Waals surface area contributed by atoms with E-state index in [0.29, 0.717) is 11.3 Å². The third-order valence-corrected chi connectivity index (χ3v) is 7.36. The summed E-state index contributed by atoms with van der Waals surface area (Å²) in [6.45, 7) is 1.67. The van der Waals surface area contributed by atoms with E-state index in [2.05, 4.69) is 17.5 Å². The Morgan fingerprint density at radius 1 is 1.06 bits per heavy atom. The van der Waals surface area contributed by atoms with Gasteiger partial charge in [-0.15, -0.1) is 0 Å². The number of carbonyl (C=O) groups is 3. The van der Waals surface area contributed by atoms with Crippen LogP contribution in [0.25, 0.3) is 0 Å². The van der Waals surface area contributed by atoms with Crippen LogP contribution in [0.15, 0.2) is 60.7 Å². The lowest BCUT2D eigenvalue weighted by molar-refractivity contribution is -0.384. The number of nitro benzene ring substituents is 1. The zero-order valence-corrected chi connectivity index (χ0v) is 18.7. The summed E-state index contributed by atoms with van der Waals surface area (Å²) in [6.07, 6.45) is 6.06. The molecule has 4 aliphatic rings. The molecule has 0 aromatic heterocycles. The van der Waals surface area contributed by atoms with Gasteiger partial charge >= 0.3 is 0 Å². The highest BCUT2D eigenvalue weighted by atomic mass is 16.6. The van der Waals surface area contributed by atoms with Crippen molar-refractivity contribution in [3.05, 3.63) is 81.9 Å². The fraction of sp³-hybridized carbons (Fsp3) is 0.346. The van der Waals surface area contributed by atoms with E-state index in [-0.39, 0.29) is 35.8 Å². The number of fused-ring (bicyclic) bond motifs is 1. The van der Waals surface area contributed by atoms with Crippen molar-refractivity contribution >= 4 is 29.1 Å². The van der Waals surface area contributed by atoms with Crippen molar-refractivity contribution in [2.45, 2.75) is 32.2 Å². The Bertz CT molecular complexity index is 1180. The number of imide groups is 1. The minimum Gasteiger partial charge on any atom is -0.324 e. The lowest BCUT2D eigenvalue weighted by Crippen LogP contribution is -2.49. The molecule has 34 heavy (non-hydrogen) atoms. The first-order valence-corrected chi connectivity index (χ1v) is 11.5. The molecular formula is C26H25N3O5. The number of rotatable bonds is 6. The van der Waals surface area contributed by atoms with Crippen molar-refractivity contribution in [3.8, 4) is 0 Å². The predicted molar refractivity (Wildman–Crippen MR) is 125 cm³/mol. The SMILES string of the molecule is Cc1cc([N+](=O)[O-])ccc1NC(=O)[C@H](Cc1ccccc1)N1C(=O)[C@H]2[C@H](C1=O)[C@H]1C=C[C@H]2CC1. The summed E-state index contributed by atoms with van der Waals surface area (Å²) >= 11 is 0. The van der Waals surface area contributed by atoms with Crippen molar-refractivity contribution in [1.29, 1.82) is 0 Å². The van der Waals surface area contributed by atoms with Crippen molar-refractivity contribution < 1.29 is 19.3 Å². The summed E-state index contributed by atoms with van der Waals surface area (Å²) in [6, 6.07) is 12.4. The summed E-state index contributed by atoms with van der Waals surface area (Å²) in [7, 11) is 0. The number of non-ortho nitro benzene ring substituents is 1. The summed E-state index contributed by atoms with van der Waals surface area (Å²) in [5.74, 6) is -1.76. The molecule has 3 aliphatic carbocycles. The third-order valence-electron chi connectivity index (χ3n) is 7.36. The second-order valence-corrected chi connectivity index (χ2v) is 9.34. The first-order valence-electron chi connectivity index (χ1n) is 11.5. The molecule has 1 saturated carbocycles. The van der Waals surface area contributed by atoms with E-state index < -0.39 is 28.7 Å². The van der Waals surface area contributed by atoms with E-state index in [4.69, 9.17) is 0 Å². The van der Waals surface area contributed by atoms with Crippen LogP contribution in [0.1, 0.15) is 24.0 Å². The molecule has 6 rings (SSSR count). The zero-order chi connectivity index (χ0) is 24.0. The van der Waals surface area contributed by atoms with Gasteiger partial charge in [-0.3, -0.25) is 29.4 Å². The molecule has 2 aromatic rings. The number of anilines is 1. The number of benzene rings is 2. The van der Waals surface area contributed by atoms with Gasteiger partial charge in [-0.2, -0.15) is 0 Å². The van der Waals surface area contributed by atoms with E-state index in [1.54, 1.807) is 6.92 Å². The Labute approximate surface area is 196 Å². The van der Waals surface area contributed by atoms with Crippen LogP contribution in [0.5, 0.6) is 0 Å². The minimum absolute atomic E-state index is 0.0359. The lowest BCUT2D eigenvalue weighted by Gasteiger charge is -2.38. The Morgan fingerprint density at radius 2 is 1.68 bits per heavy atom. The Balaban J connectivity index is 1.47. The second kappa shape index (κ2) is 8.52. The van der Waals surface area contributed by atoms with Crippen LogP contribution in [0.4, 0.5) is 11.4 Å². The molecule has 3 amide bonds. The first kappa shape index (κ1) is 22.0. The average molecular weight is 460 g/mol. The van der Waals surface area contributed by atoms with Crippen LogP contribution in [-0.4, -0.2) is 33.6 Å². The molecule has 0 spiro atoms. The van der Waals surface area contributed by atoms with Gasteiger partial charge in [-0.05, 0) is 48.8 Å². The highest BCUT2D eigenvalue weighted by Crippen LogP contribution is 2.50. The Morgan fingerprint density at radius 3 is 2.21 bits per heavy atom. The number of nitrogens with zero attached hydrogens (tertiary/aromatic N) is 2. The van der Waals surface area contributed by atoms with Crippen LogP contribution >= 0.6 is 0 Å². The Kier molecular flexibility index (Phi) is 5.51. The number of carbonyl (C=O) groups excluding carboxylic acids is 3. The smallest absolute Gasteiger partial charge is 0.269 e. The van der Waals surface area contributed by atoms with Gasteiger partial charge in [0.05, 0.1) is 16.8 Å². The molecule has 8 nitrogen and oxygen atoms in total. The van der Waals surface area contributed by atoms with Crippen molar-refractivity contribution in [2.75, 3.05) is 5.32 Å². The van der Waals surface area contributed by atoms with Crippen molar-refractivity contribution in [2.24, 2.45) is 23.7 Å². The van der Waals surface area contributed by atoms with Crippen LogP contribution in [0.2, 0.25) is 0 Å². The normalized spacial score (nSPS) is 25.9. The van der Waals surface area contributed by atoms with Gasteiger partial charge in [0.15, 0.2) is 0 Å². The number of likely N-dealkylation sites (tertiary alicyclic amines) is 1. The van der Waals surface area contributed by atoms with Crippen molar-refractivity contribution in [3.63, 3.8) is 0 Å². The van der Waals surface area contributed by atoms with Gasteiger partial charge in [0, 0.05) is 24.2 Å². The van der Waals surface area contributed by atoms with Gasteiger partial charge in [0.2, 0.25) is 17.7 Å². The van der Waals surface area contributed by atoms with E-state index in [1.165, 1.54) is 23.1 Å². The molecule has 2 bridgehead atoms. The number of nitro groups is 1. The summed E-state index contributed by atoms with van der Waals surface area (Å²) in [5, 5.41) is 13.9. The maximum absolute atomic E-state index is 13.5. The van der Waals surface area contributed by atoms with Crippen molar-refractivity contribution in [1.82, 2.24) is 4.90 Å². The van der Waals surface area contributed by atoms with E-state index >= 15 is 0 Å². The summed E-state index contributed by atoms with van der Waals surface area (Å²) in [4.78, 5) is 52.4. The monoisotopic (exact) mass is 459 g/mol. The second-order valence-electron chi connectivity index (χ2n) is 9.34. The number of aryl methyl sites for hydroxylation is 1. The van der Waals surface area contributed by atoms with E-state index in [1.807, 2.05) is 30.3 Å². The Hall–Kier alpha value is -3.81. The number of allylic oxidation sites excluding steroid dienone is 2. The van der Waals surface area contributed by atoms with Crippen LogP contribution < -0.4 is 5.32 Å². The third kappa shape index (κ3) is 3.69. The topological polar surface area (TPSA) is 110 Å². The summed E-state index contributed by atoms with van der Waals surface area (Å²) in [5.41, 5.74) is 1.69. The van der Waals surface area contributed by atoms with Crippen LogP contribution in [-0.2, 0) is 20.8 Å². The molecule has 1 aliphatic heterocycles. The molecular weight excluding hydrogens is 434 g/mol. The fourth-order valence-corrected chi connectivity index (χ4v) is 5.66. The maximum atomic E-state index is 13.5. The van der Waals surface area contributed by atoms with Gasteiger partial charge in [-0.25, -0.2) is 0 Å². The van der Waals surface area contributed by atoms with Gasteiger partial charge in [0.25, 0.3) is 5.69 Å². The van der Waals surface area contributed by atoms with Crippen LogP contribution in [0.3, 0.4) is 0 Å². The van der Waals surface area contributed by atoms with Gasteiger partial charge in [0.1, 0.15) is 6.04 Å².